The van der Waals surface area contributed by atoms with Gasteiger partial charge in [-0.15, -0.1) is 0 Å². The molecule has 0 aliphatic heterocycles. The minimum Gasteiger partial charge on any atom is -0.365 e. The number of nitrogens with one attached hydrogen (secondary N) is 2. The molecule has 1 atom stereocenters. The minimum atomic E-state index is -4.50. The highest BCUT2D eigenvalue weighted by molar-refractivity contribution is 5.95. The molecule has 2 aromatic rings. The Labute approximate surface area is 120 Å². The number of amides is 1. The van der Waals surface area contributed by atoms with Crippen LogP contribution in [0.25, 0.3) is 0 Å². The molecular formula is C15H15F3N2O. The largest absolute Gasteiger partial charge is 0.408 e. The number of aromatic nitrogens is 1. The third kappa shape index (κ3) is 3.87. The van der Waals surface area contributed by atoms with Gasteiger partial charge in [-0.2, -0.15) is 13.2 Å². The zero-order valence-corrected chi connectivity index (χ0v) is 11.4. The zero-order chi connectivity index (χ0) is 15.5. The summed E-state index contributed by atoms with van der Waals surface area (Å²) >= 11 is 0. The summed E-state index contributed by atoms with van der Waals surface area (Å²) in [5.41, 5.74) is 1.27. The first-order valence-electron chi connectivity index (χ1n) is 6.43. The molecule has 1 heterocycles. The molecule has 0 saturated carbocycles. The van der Waals surface area contributed by atoms with Crippen LogP contribution in [0.4, 0.5) is 13.2 Å². The lowest BCUT2D eigenvalue weighted by molar-refractivity contribution is -0.153. The molecule has 1 aromatic heterocycles. The number of benzene rings is 1. The lowest BCUT2D eigenvalue weighted by atomic mass is 10.1. The molecule has 0 spiro atoms. The number of carbonyl (C=O) groups excluding carboxylic acids is 1. The van der Waals surface area contributed by atoms with Crippen molar-refractivity contribution in [2.75, 3.05) is 0 Å². The van der Waals surface area contributed by atoms with E-state index in [2.05, 4.69) is 10.3 Å². The summed E-state index contributed by atoms with van der Waals surface area (Å²) in [6.07, 6.45) is -3.28. The Kier molecular flexibility index (Phi) is 4.35. The van der Waals surface area contributed by atoms with Crippen LogP contribution >= 0.6 is 0 Å². The molecule has 6 heteroatoms. The Hall–Kier alpha value is -2.24. The van der Waals surface area contributed by atoms with E-state index in [9.17, 15) is 18.0 Å². The highest BCUT2D eigenvalue weighted by atomic mass is 19.4. The number of carbonyl (C=O) groups is 1. The highest BCUT2D eigenvalue weighted by Gasteiger charge is 2.40. The van der Waals surface area contributed by atoms with E-state index in [4.69, 9.17) is 0 Å². The van der Waals surface area contributed by atoms with Gasteiger partial charge in [-0.05, 0) is 18.6 Å². The molecular weight excluding hydrogens is 281 g/mol. The van der Waals surface area contributed by atoms with Crippen LogP contribution in [0, 0.1) is 6.92 Å². The van der Waals surface area contributed by atoms with Gasteiger partial charge in [0.1, 0.15) is 6.04 Å². The van der Waals surface area contributed by atoms with E-state index in [-0.39, 0.29) is 12.0 Å². The van der Waals surface area contributed by atoms with Crippen molar-refractivity contribution in [1.82, 2.24) is 10.3 Å². The second-order valence-electron chi connectivity index (χ2n) is 4.77. The summed E-state index contributed by atoms with van der Waals surface area (Å²) in [6, 6.07) is 7.82. The Bertz CT molecular complexity index is 605. The molecule has 0 bridgehead atoms. The zero-order valence-electron chi connectivity index (χ0n) is 11.4. The standard InChI is InChI=1S/C15H15F3N2O/c1-10-12(7-8-19-10)14(21)20-13(15(16,17)18)9-11-5-3-2-4-6-11/h2-8,13,19H,9H2,1H3,(H,20,21)/t13-/m0/s1. The van der Waals surface area contributed by atoms with Gasteiger partial charge >= 0.3 is 6.18 Å². The normalized spacial score (nSPS) is 13.0. The molecule has 2 rings (SSSR count). The third-order valence-electron chi connectivity index (χ3n) is 3.18. The van der Waals surface area contributed by atoms with Crippen LogP contribution < -0.4 is 5.32 Å². The summed E-state index contributed by atoms with van der Waals surface area (Å²) in [6.45, 7) is 1.63. The number of hydrogen-bond donors (Lipinski definition) is 2. The van der Waals surface area contributed by atoms with E-state index in [1.807, 2.05) is 0 Å². The fourth-order valence-corrected chi connectivity index (χ4v) is 2.03. The van der Waals surface area contributed by atoms with Crippen molar-refractivity contribution in [2.45, 2.75) is 25.6 Å². The number of alkyl halides is 3. The Morgan fingerprint density at radius 1 is 1.24 bits per heavy atom. The summed E-state index contributed by atoms with van der Waals surface area (Å²) in [5.74, 6) is -0.730. The predicted octanol–water partition coefficient (Wildman–Crippen LogP) is 3.23. The summed E-state index contributed by atoms with van der Waals surface area (Å²) in [5, 5.41) is 2.06. The SMILES string of the molecule is Cc1[nH]ccc1C(=O)N[C@@H](Cc1ccccc1)C(F)(F)F. The molecule has 1 amide bonds. The molecule has 0 unspecified atom stereocenters. The van der Waals surface area contributed by atoms with Crippen LogP contribution in [0.5, 0.6) is 0 Å². The van der Waals surface area contributed by atoms with Crippen molar-refractivity contribution in [3.05, 3.63) is 59.4 Å². The van der Waals surface area contributed by atoms with Crippen LogP contribution in [0.2, 0.25) is 0 Å². The molecule has 0 fully saturated rings. The van der Waals surface area contributed by atoms with Gasteiger partial charge in [0.2, 0.25) is 0 Å². The van der Waals surface area contributed by atoms with Gasteiger partial charge in [-0.1, -0.05) is 30.3 Å². The maximum Gasteiger partial charge on any atom is 0.408 e. The monoisotopic (exact) mass is 296 g/mol. The summed E-state index contributed by atoms with van der Waals surface area (Å²) in [4.78, 5) is 14.7. The van der Waals surface area contributed by atoms with Crippen LogP contribution in [-0.2, 0) is 6.42 Å². The van der Waals surface area contributed by atoms with E-state index >= 15 is 0 Å². The van der Waals surface area contributed by atoms with Gasteiger partial charge in [-0.25, -0.2) is 0 Å². The molecule has 0 radical (unpaired) electrons. The molecule has 0 saturated heterocycles. The second-order valence-corrected chi connectivity index (χ2v) is 4.77. The fourth-order valence-electron chi connectivity index (χ4n) is 2.03. The first-order valence-corrected chi connectivity index (χ1v) is 6.43. The second kappa shape index (κ2) is 6.03. The molecule has 2 N–H and O–H groups in total. The average Bonchev–Trinajstić information content (AvgIpc) is 2.84. The lowest BCUT2D eigenvalue weighted by Crippen LogP contribution is -2.46. The van der Waals surface area contributed by atoms with Crippen molar-refractivity contribution in [3.8, 4) is 0 Å². The molecule has 3 nitrogen and oxygen atoms in total. The first kappa shape index (κ1) is 15.2. The van der Waals surface area contributed by atoms with Gasteiger partial charge in [0.05, 0.1) is 5.56 Å². The number of hydrogen-bond acceptors (Lipinski definition) is 1. The molecule has 112 valence electrons. The summed E-state index contributed by atoms with van der Waals surface area (Å²) in [7, 11) is 0. The Morgan fingerprint density at radius 3 is 2.43 bits per heavy atom. The van der Waals surface area contributed by atoms with Crippen LogP contribution in [0.3, 0.4) is 0 Å². The lowest BCUT2D eigenvalue weighted by Gasteiger charge is -2.21. The number of H-pyrrole nitrogens is 1. The van der Waals surface area contributed by atoms with Crippen molar-refractivity contribution >= 4 is 5.91 Å². The van der Waals surface area contributed by atoms with Gasteiger partial charge in [0.15, 0.2) is 0 Å². The van der Waals surface area contributed by atoms with Crippen molar-refractivity contribution in [3.63, 3.8) is 0 Å². The third-order valence-corrected chi connectivity index (χ3v) is 3.18. The number of rotatable bonds is 4. The van der Waals surface area contributed by atoms with Crippen LogP contribution in [0.15, 0.2) is 42.6 Å². The van der Waals surface area contributed by atoms with Crippen molar-refractivity contribution in [2.24, 2.45) is 0 Å². The van der Waals surface area contributed by atoms with E-state index in [0.717, 1.165) is 0 Å². The molecule has 1 aromatic carbocycles. The highest BCUT2D eigenvalue weighted by Crippen LogP contribution is 2.23. The number of aromatic amines is 1. The van der Waals surface area contributed by atoms with Crippen molar-refractivity contribution in [1.29, 1.82) is 0 Å². The van der Waals surface area contributed by atoms with E-state index in [0.29, 0.717) is 11.3 Å². The van der Waals surface area contributed by atoms with Gasteiger partial charge < -0.3 is 10.3 Å². The maximum absolute atomic E-state index is 13.1. The Morgan fingerprint density at radius 2 is 1.90 bits per heavy atom. The van der Waals surface area contributed by atoms with Crippen molar-refractivity contribution < 1.29 is 18.0 Å². The van der Waals surface area contributed by atoms with E-state index in [1.54, 1.807) is 37.3 Å². The smallest absolute Gasteiger partial charge is 0.365 e. The van der Waals surface area contributed by atoms with Gasteiger partial charge in [0.25, 0.3) is 5.91 Å². The van der Waals surface area contributed by atoms with Crippen LogP contribution in [0.1, 0.15) is 21.6 Å². The van der Waals surface area contributed by atoms with Gasteiger partial charge in [0, 0.05) is 18.3 Å². The number of halogens is 3. The molecule has 0 aliphatic carbocycles. The maximum atomic E-state index is 13.1. The first-order chi connectivity index (χ1) is 9.88. The van der Waals surface area contributed by atoms with E-state index < -0.39 is 18.1 Å². The predicted molar refractivity (Wildman–Crippen MR) is 73.0 cm³/mol. The molecule has 21 heavy (non-hydrogen) atoms. The fraction of sp³-hybridized carbons (Fsp3) is 0.267. The van der Waals surface area contributed by atoms with Crippen LogP contribution in [-0.4, -0.2) is 23.1 Å². The minimum absolute atomic E-state index is 0.220. The number of aryl methyl sites for hydroxylation is 1. The summed E-state index contributed by atoms with van der Waals surface area (Å²) < 4.78 is 39.3. The quantitative estimate of drug-likeness (QED) is 0.894. The van der Waals surface area contributed by atoms with Gasteiger partial charge in [-0.3, -0.25) is 4.79 Å². The topological polar surface area (TPSA) is 44.9 Å². The van der Waals surface area contributed by atoms with E-state index in [1.165, 1.54) is 12.3 Å². The Balaban J connectivity index is 2.14. The average molecular weight is 296 g/mol. The molecule has 0 aliphatic rings.